The summed E-state index contributed by atoms with van der Waals surface area (Å²) in [5, 5.41) is 10.00. The van der Waals surface area contributed by atoms with E-state index in [9.17, 15) is 9.90 Å². The van der Waals surface area contributed by atoms with Crippen molar-refractivity contribution in [1.29, 1.82) is 0 Å². The van der Waals surface area contributed by atoms with Crippen molar-refractivity contribution in [3.8, 4) is 11.5 Å². The molecule has 5 nitrogen and oxygen atoms in total. The van der Waals surface area contributed by atoms with Crippen LogP contribution in [0.15, 0.2) is 18.2 Å². The van der Waals surface area contributed by atoms with Crippen LogP contribution in [0.1, 0.15) is 40.2 Å². The number of phenols is 1. The van der Waals surface area contributed by atoms with Gasteiger partial charge in [-0.1, -0.05) is 6.07 Å². The highest BCUT2D eigenvalue weighted by molar-refractivity contribution is 5.64. The summed E-state index contributed by atoms with van der Waals surface area (Å²) in [7, 11) is 0. The van der Waals surface area contributed by atoms with Gasteiger partial charge in [0.1, 0.15) is 17.1 Å². The third-order valence-electron chi connectivity index (χ3n) is 3.22. The smallest absolute Gasteiger partial charge is 0.508 e. The summed E-state index contributed by atoms with van der Waals surface area (Å²) in [4.78, 5) is 11.6. The van der Waals surface area contributed by atoms with Crippen LogP contribution in [-0.2, 0) is 15.9 Å². The van der Waals surface area contributed by atoms with Crippen LogP contribution in [0, 0.1) is 0 Å². The zero-order valence-electron chi connectivity index (χ0n) is 13.1. The molecule has 1 heterocycles. The van der Waals surface area contributed by atoms with Crippen LogP contribution in [-0.4, -0.2) is 28.6 Å². The monoisotopic (exact) mass is 294 g/mol. The predicted molar refractivity (Wildman–Crippen MR) is 77.6 cm³/mol. The zero-order valence-corrected chi connectivity index (χ0v) is 13.1. The molecule has 0 aromatic heterocycles. The van der Waals surface area contributed by atoms with E-state index in [0.29, 0.717) is 6.42 Å². The number of rotatable bonds is 3. The number of benzene rings is 1. The summed E-state index contributed by atoms with van der Waals surface area (Å²) in [5.74, 6) is 0.337. The zero-order chi connectivity index (χ0) is 15.8. The maximum atomic E-state index is 11.6. The first-order chi connectivity index (χ1) is 9.57. The maximum Gasteiger partial charge on any atom is 0.514 e. The largest absolute Gasteiger partial charge is 0.514 e. The molecule has 1 unspecified atom stereocenters. The standard InChI is InChI=1S/C16H22O5/c1-15(2,3)21-14(18)19-11-7-6-10(12(17)9-11)8-13-16(4,5)20-13/h6-7,9,13,17H,8H2,1-5H3. The van der Waals surface area contributed by atoms with Crippen molar-refractivity contribution in [2.75, 3.05) is 0 Å². The van der Waals surface area contributed by atoms with Crippen molar-refractivity contribution in [2.24, 2.45) is 0 Å². The average Bonchev–Trinajstić information content (AvgIpc) is 2.87. The van der Waals surface area contributed by atoms with Crippen molar-refractivity contribution < 1.29 is 24.1 Å². The van der Waals surface area contributed by atoms with Gasteiger partial charge in [0.15, 0.2) is 0 Å². The molecular formula is C16H22O5. The number of ether oxygens (including phenoxy) is 3. The summed E-state index contributed by atoms with van der Waals surface area (Å²) < 4.78 is 15.6. The van der Waals surface area contributed by atoms with Crippen LogP contribution in [0.25, 0.3) is 0 Å². The molecule has 0 aliphatic carbocycles. The number of aromatic hydroxyl groups is 1. The predicted octanol–water partition coefficient (Wildman–Crippen LogP) is 3.43. The Balaban J connectivity index is 1.97. The molecule has 116 valence electrons. The number of phenolic OH excluding ortho intramolecular Hbond substituents is 1. The minimum absolute atomic E-state index is 0.0855. The lowest BCUT2D eigenvalue weighted by Crippen LogP contribution is -2.25. The summed E-state index contributed by atoms with van der Waals surface area (Å²) in [6.07, 6.45) is -0.0479. The maximum absolute atomic E-state index is 11.6. The Morgan fingerprint density at radius 3 is 2.48 bits per heavy atom. The first-order valence-electron chi connectivity index (χ1n) is 6.97. The lowest BCUT2D eigenvalue weighted by atomic mass is 10.0. The van der Waals surface area contributed by atoms with Gasteiger partial charge < -0.3 is 19.3 Å². The van der Waals surface area contributed by atoms with E-state index in [4.69, 9.17) is 14.2 Å². The molecule has 1 N–H and O–H groups in total. The Bertz CT molecular complexity index is 542. The first-order valence-corrected chi connectivity index (χ1v) is 6.97. The molecule has 1 saturated heterocycles. The molecule has 0 spiro atoms. The Hall–Kier alpha value is -1.75. The molecule has 21 heavy (non-hydrogen) atoms. The average molecular weight is 294 g/mol. The van der Waals surface area contributed by atoms with Crippen LogP contribution in [0.4, 0.5) is 4.79 Å². The van der Waals surface area contributed by atoms with E-state index in [1.165, 1.54) is 6.07 Å². The van der Waals surface area contributed by atoms with Crippen molar-refractivity contribution in [3.05, 3.63) is 23.8 Å². The minimum Gasteiger partial charge on any atom is -0.508 e. The molecule has 0 bridgehead atoms. The van der Waals surface area contributed by atoms with Gasteiger partial charge in [0.05, 0.1) is 11.7 Å². The fourth-order valence-electron chi connectivity index (χ4n) is 1.97. The van der Waals surface area contributed by atoms with E-state index in [1.54, 1.807) is 32.9 Å². The van der Waals surface area contributed by atoms with Gasteiger partial charge in [0.25, 0.3) is 0 Å². The summed E-state index contributed by atoms with van der Waals surface area (Å²) in [6.45, 7) is 9.29. The summed E-state index contributed by atoms with van der Waals surface area (Å²) in [5.41, 5.74) is 0.0219. The minimum atomic E-state index is -0.790. The number of carbonyl (C=O) groups excluding carboxylic acids is 1. The van der Waals surface area contributed by atoms with Crippen LogP contribution in [0.3, 0.4) is 0 Å². The second-order valence-electron chi connectivity index (χ2n) is 6.77. The van der Waals surface area contributed by atoms with Crippen molar-refractivity contribution >= 4 is 6.16 Å². The Labute approximate surface area is 124 Å². The molecule has 1 aliphatic heterocycles. The second kappa shape index (κ2) is 5.22. The molecule has 1 aromatic carbocycles. The van der Waals surface area contributed by atoms with Gasteiger partial charge in [-0.15, -0.1) is 0 Å². The highest BCUT2D eigenvalue weighted by atomic mass is 16.7. The summed E-state index contributed by atoms with van der Waals surface area (Å²) in [6, 6.07) is 4.77. The third kappa shape index (κ3) is 4.36. The molecule has 2 rings (SSSR count). The fraction of sp³-hybridized carbons (Fsp3) is 0.562. The van der Waals surface area contributed by atoms with Crippen molar-refractivity contribution in [1.82, 2.24) is 0 Å². The van der Waals surface area contributed by atoms with Crippen molar-refractivity contribution in [2.45, 2.75) is 58.3 Å². The Morgan fingerprint density at radius 1 is 1.38 bits per heavy atom. The van der Waals surface area contributed by atoms with Gasteiger partial charge in [-0.25, -0.2) is 4.79 Å². The van der Waals surface area contributed by atoms with Gasteiger partial charge in [0, 0.05) is 12.5 Å². The van der Waals surface area contributed by atoms with Crippen molar-refractivity contribution in [3.63, 3.8) is 0 Å². The first kappa shape index (κ1) is 15.6. The molecule has 0 amide bonds. The van der Waals surface area contributed by atoms with Crippen LogP contribution >= 0.6 is 0 Å². The lowest BCUT2D eigenvalue weighted by Gasteiger charge is -2.18. The number of epoxide rings is 1. The molecule has 0 saturated carbocycles. The van der Waals surface area contributed by atoms with E-state index < -0.39 is 11.8 Å². The number of carbonyl (C=O) groups is 1. The fourth-order valence-corrected chi connectivity index (χ4v) is 1.97. The Morgan fingerprint density at radius 2 is 2.00 bits per heavy atom. The third-order valence-corrected chi connectivity index (χ3v) is 3.22. The molecule has 0 radical (unpaired) electrons. The van der Waals surface area contributed by atoms with Gasteiger partial charge >= 0.3 is 6.16 Å². The van der Waals surface area contributed by atoms with Crippen LogP contribution in [0.5, 0.6) is 11.5 Å². The topological polar surface area (TPSA) is 68.3 Å². The van der Waals surface area contributed by atoms with E-state index >= 15 is 0 Å². The number of hydrogen-bond acceptors (Lipinski definition) is 5. The van der Waals surface area contributed by atoms with Gasteiger partial charge in [-0.05, 0) is 46.2 Å². The summed E-state index contributed by atoms with van der Waals surface area (Å²) >= 11 is 0. The molecule has 1 aliphatic rings. The molecule has 1 fully saturated rings. The van der Waals surface area contributed by atoms with E-state index in [1.807, 2.05) is 13.8 Å². The lowest BCUT2D eigenvalue weighted by molar-refractivity contribution is 0.0206. The van der Waals surface area contributed by atoms with Crippen LogP contribution < -0.4 is 4.74 Å². The van der Waals surface area contributed by atoms with Gasteiger partial charge in [-0.3, -0.25) is 0 Å². The van der Waals surface area contributed by atoms with Gasteiger partial charge in [0.2, 0.25) is 0 Å². The van der Waals surface area contributed by atoms with E-state index in [0.717, 1.165) is 5.56 Å². The molecule has 1 atom stereocenters. The molecule has 5 heteroatoms. The second-order valence-corrected chi connectivity index (χ2v) is 6.77. The Kier molecular flexibility index (Phi) is 3.89. The SMILES string of the molecule is CC(C)(C)OC(=O)Oc1ccc(CC2OC2(C)C)c(O)c1. The molecular weight excluding hydrogens is 272 g/mol. The van der Waals surface area contributed by atoms with E-state index in [-0.39, 0.29) is 23.2 Å². The normalized spacial score (nSPS) is 20.0. The van der Waals surface area contributed by atoms with E-state index in [2.05, 4.69) is 0 Å². The quantitative estimate of drug-likeness (QED) is 0.525. The molecule has 1 aromatic rings. The van der Waals surface area contributed by atoms with Gasteiger partial charge in [-0.2, -0.15) is 0 Å². The number of hydrogen-bond donors (Lipinski definition) is 1. The highest BCUT2D eigenvalue weighted by Crippen LogP contribution is 2.39. The highest BCUT2D eigenvalue weighted by Gasteiger charge is 2.47. The van der Waals surface area contributed by atoms with Crippen LogP contribution in [0.2, 0.25) is 0 Å².